The molecule has 0 bridgehead atoms. The van der Waals surface area contributed by atoms with Crippen molar-refractivity contribution in [1.82, 2.24) is 19.7 Å². The van der Waals surface area contributed by atoms with E-state index in [2.05, 4.69) is 16.8 Å². The molecule has 8 heteroatoms. The van der Waals surface area contributed by atoms with E-state index < -0.39 is 0 Å². The highest BCUT2D eigenvalue weighted by molar-refractivity contribution is 8.00. The van der Waals surface area contributed by atoms with E-state index in [1.54, 1.807) is 13.2 Å². The third-order valence-corrected chi connectivity index (χ3v) is 5.40. The first-order chi connectivity index (χ1) is 13.2. The molecule has 7 nitrogen and oxygen atoms in total. The summed E-state index contributed by atoms with van der Waals surface area (Å²) in [6, 6.07) is 7.68. The van der Waals surface area contributed by atoms with Crippen LogP contribution in [0.2, 0.25) is 0 Å². The molecule has 2 heterocycles. The van der Waals surface area contributed by atoms with Crippen molar-refractivity contribution in [2.45, 2.75) is 23.9 Å². The lowest BCUT2D eigenvalue weighted by molar-refractivity contribution is -0.134. The van der Waals surface area contributed by atoms with Gasteiger partial charge in [0.25, 0.3) is 0 Å². The van der Waals surface area contributed by atoms with Crippen molar-refractivity contribution < 1.29 is 14.3 Å². The van der Waals surface area contributed by atoms with E-state index in [-0.39, 0.29) is 11.2 Å². The molecule has 0 N–H and O–H groups in total. The van der Waals surface area contributed by atoms with Crippen molar-refractivity contribution in [3.63, 3.8) is 0 Å². The summed E-state index contributed by atoms with van der Waals surface area (Å²) >= 11 is 1.41. The molecule has 0 spiro atoms. The summed E-state index contributed by atoms with van der Waals surface area (Å²) in [5.41, 5.74) is 0.855. The predicted octanol–water partition coefficient (Wildman–Crippen LogP) is 2.48. The minimum absolute atomic E-state index is 0.0929. The van der Waals surface area contributed by atoms with Crippen LogP contribution in [0, 0.1) is 0 Å². The first-order valence-corrected chi connectivity index (χ1v) is 9.74. The van der Waals surface area contributed by atoms with Crippen molar-refractivity contribution in [3.05, 3.63) is 36.9 Å². The van der Waals surface area contributed by atoms with Crippen molar-refractivity contribution in [1.29, 1.82) is 0 Å². The van der Waals surface area contributed by atoms with Gasteiger partial charge in [-0.1, -0.05) is 30.0 Å². The van der Waals surface area contributed by atoms with Crippen LogP contribution < -0.4 is 4.74 Å². The van der Waals surface area contributed by atoms with E-state index in [1.165, 1.54) is 11.8 Å². The van der Waals surface area contributed by atoms with Crippen LogP contribution in [0.25, 0.3) is 11.4 Å². The number of rotatable bonds is 7. The van der Waals surface area contributed by atoms with Gasteiger partial charge in [-0.25, -0.2) is 0 Å². The molecule has 1 amide bonds. The minimum Gasteiger partial charge on any atom is -0.496 e. The van der Waals surface area contributed by atoms with E-state index >= 15 is 0 Å². The summed E-state index contributed by atoms with van der Waals surface area (Å²) in [6.07, 6.45) is 1.79. The van der Waals surface area contributed by atoms with Crippen LogP contribution >= 0.6 is 11.8 Å². The van der Waals surface area contributed by atoms with Crippen LogP contribution in [0.3, 0.4) is 0 Å². The first kappa shape index (κ1) is 19.4. The summed E-state index contributed by atoms with van der Waals surface area (Å²) in [4.78, 5) is 14.5. The number of nitrogens with zero attached hydrogens (tertiary/aromatic N) is 4. The fraction of sp³-hybridized carbons (Fsp3) is 0.421. The molecular formula is C19H24N4O3S. The number of allylic oxidation sites excluding steroid dienone is 1. The zero-order valence-corrected chi connectivity index (χ0v) is 16.4. The fourth-order valence-electron chi connectivity index (χ4n) is 2.95. The molecule has 1 atom stereocenters. The SMILES string of the molecule is C=CCn1c(S[C@@H](C)C(=O)N2CCOCC2)nnc1-c1ccccc1OC. The van der Waals surface area contributed by atoms with Crippen molar-refractivity contribution in [2.75, 3.05) is 33.4 Å². The average molecular weight is 388 g/mol. The number of benzene rings is 1. The Morgan fingerprint density at radius 1 is 1.37 bits per heavy atom. The quantitative estimate of drug-likeness (QED) is 0.536. The molecule has 0 unspecified atom stereocenters. The van der Waals surface area contributed by atoms with Crippen LogP contribution in [-0.4, -0.2) is 64.2 Å². The van der Waals surface area contributed by atoms with Gasteiger partial charge < -0.3 is 14.4 Å². The number of methoxy groups -OCH3 is 1. The second kappa shape index (κ2) is 9.05. The molecule has 27 heavy (non-hydrogen) atoms. The number of hydrogen-bond acceptors (Lipinski definition) is 6. The third kappa shape index (κ3) is 4.33. The molecular weight excluding hydrogens is 364 g/mol. The zero-order valence-electron chi connectivity index (χ0n) is 15.6. The maximum atomic E-state index is 12.7. The van der Waals surface area contributed by atoms with E-state index in [0.717, 1.165) is 11.3 Å². The van der Waals surface area contributed by atoms with E-state index in [9.17, 15) is 4.79 Å². The van der Waals surface area contributed by atoms with Gasteiger partial charge in [0.1, 0.15) is 5.75 Å². The van der Waals surface area contributed by atoms with E-state index in [1.807, 2.05) is 40.7 Å². The highest BCUT2D eigenvalue weighted by Gasteiger charge is 2.26. The Bertz CT molecular complexity index is 802. The summed E-state index contributed by atoms with van der Waals surface area (Å²) < 4.78 is 12.7. The predicted molar refractivity (Wildman–Crippen MR) is 105 cm³/mol. The van der Waals surface area contributed by atoms with Gasteiger partial charge in [0.05, 0.1) is 31.1 Å². The van der Waals surface area contributed by atoms with E-state index in [4.69, 9.17) is 9.47 Å². The molecule has 1 aromatic heterocycles. The van der Waals surface area contributed by atoms with Crippen molar-refractivity contribution in [3.8, 4) is 17.1 Å². The van der Waals surface area contributed by atoms with Crippen LogP contribution in [0.1, 0.15) is 6.92 Å². The number of ether oxygens (including phenoxy) is 2. The lowest BCUT2D eigenvalue weighted by Crippen LogP contribution is -2.44. The van der Waals surface area contributed by atoms with Gasteiger partial charge in [-0.15, -0.1) is 16.8 Å². The van der Waals surface area contributed by atoms with Gasteiger partial charge in [0.2, 0.25) is 5.91 Å². The average Bonchev–Trinajstić information content (AvgIpc) is 3.10. The Balaban J connectivity index is 1.84. The van der Waals surface area contributed by atoms with Crippen LogP contribution in [0.15, 0.2) is 42.1 Å². The first-order valence-electron chi connectivity index (χ1n) is 8.86. The Kier molecular flexibility index (Phi) is 6.52. The molecule has 3 rings (SSSR count). The minimum atomic E-state index is -0.263. The molecule has 0 radical (unpaired) electrons. The van der Waals surface area contributed by atoms with Crippen LogP contribution in [0.4, 0.5) is 0 Å². The summed E-state index contributed by atoms with van der Waals surface area (Å²) in [6.45, 7) is 8.73. The maximum absolute atomic E-state index is 12.7. The topological polar surface area (TPSA) is 69.5 Å². The molecule has 1 fully saturated rings. The maximum Gasteiger partial charge on any atom is 0.236 e. The monoisotopic (exact) mass is 388 g/mol. The lowest BCUT2D eigenvalue weighted by Gasteiger charge is -2.28. The molecule has 2 aromatic rings. The largest absolute Gasteiger partial charge is 0.496 e. The third-order valence-electron chi connectivity index (χ3n) is 4.33. The van der Waals surface area contributed by atoms with Gasteiger partial charge in [-0.2, -0.15) is 0 Å². The van der Waals surface area contributed by atoms with Crippen LogP contribution in [0.5, 0.6) is 5.75 Å². The zero-order chi connectivity index (χ0) is 19.2. The molecule has 0 aliphatic carbocycles. The molecule has 1 aliphatic heterocycles. The number of thioether (sulfide) groups is 1. The van der Waals surface area contributed by atoms with Gasteiger partial charge in [0, 0.05) is 19.6 Å². The highest BCUT2D eigenvalue weighted by Crippen LogP contribution is 2.32. The van der Waals surface area contributed by atoms with Crippen LogP contribution in [-0.2, 0) is 16.1 Å². The number of morpholine rings is 1. The van der Waals surface area contributed by atoms with Crippen molar-refractivity contribution in [2.24, 2.45) is 0 Å². The lowest BCUT2D eigenvalue weighted by atomic mass is 10.2. The van der Waals surface area contributed by atoms with Gasteiger partial charge >= 0.3 is 0 Å². The number of hydrogen-bond donors (Lipinski definition) is 0. The molecule has 1 aliphatic rings. The molecule has 144 valence electrons. The normalized spacial score (nSPS) is 15.4. The molecule has 1 aromatic carbocycles. The molecule has 1 saturated heterocycles. The Morgan fingerprint density at radius 3 is 2.81 bits per heavy atom. The molecule has 0 saturated carbocycles. The second-order valence-electron chi connectivity index (χ2n) is 6.10. The van der Waals surface area contributed by atoms with Gasteiger partial charge in [-0.3, -0.25) is 9.36 Å². The van der Waals surface area contributed by atoms with E-state index in [0.29, 0.717) is 43.8 Å². The standard InChI is InChI=1S/C19H24N4O3S/c1-4-9-23-17(15-7-5-6-8-16(15)25-3)20-21-19(23)27-14(2)18(24)22-10-12-26-13-11-22/h4-8,14H,1,9-13H2,2-3H3/t14-/m0/s1. The smallest absolute Gasteiger partial charge is 0.236 e. The Morgan fingerprint density at radius 2 is 2.11 bits per heavy atom. The Labute approximate surface area is 163 Å². The number of carbonyl (C=O) groups excluding carboxylic acids is 1. The number of para-hydroxylation sites is 1. The number of carbonyl (C=O) groups is 1. The number of aromatic nitrogens is 3. The van der Waals surface area contributed by atoms with Gasteiger partial charge in [-0.05, 0) is 19.1 Å². The summed E-state index contributed by atoms with van der Waals surface area (Å²) in [5, 5.41) is 9.11. The number of amides is 1. The summed E-state index contributed by atoms with van der Waals surface area (Å²) in [7, 11) is 1.63. The highest BCUT2D eigenvalue weighted by atomic mass is 32.2. The second-order valence-corrected chi connectivity index (χ2v) is 7.41. The Hall–Kier alpha value is -2.32. The summed E-state index contributed by atoms with van der Waals surface area (Å²) in [5.74, 6) is 1.51. The fourth-order valence-corrected chi connectivity index (χ4v) is 3.89. The van der Waals surface area contributed by atoms with Crippen molar-refractivity contribution >= 4 is 17.7 Å². The van der Waals surface area contributed by atoms with Gasteiger partial charge in [0.15, 0.2) is 11.0 Å².